The molecule has 4 N–H and O–H groups in total. The van der Waals surface area contributed by atoms with Crippen molar-refractivity contribution in [2.45, 2.75) is 51.3 Å². The Kier molecular flexibility index (Phi) is 10.4. The molecule has 1 aromatic rings. The number of nitrogens with zero attached hydrogens (tertiary/aromatic N) is 1. The van der Waals surface area contributed by atoms with Crippen LogP contribution in [0.3, 0.4) is 0 Å². The number of carboxylic acids is 1. The molecule has 0 heterocycles. The Morgan fingerprint density at radius 3 is 2.10 bits per heavy atom. The predicted octanol–water partition coefficient (Wildman–Crippen LogP) is 0.186. The predicted molar refractivity (Wildman–Crippen MR) is 110 cm³/mol. The number of hydrogen-bond acceptors (Lipinski definition) is 7. The topological polar surface area (TPSA) is 136 Å². The summed E-state index contributed by atoms with van der Waals surface area (Å²) in [4.78, 5) is 38.4. The molecule has 0 radical (unpaired) electrons. The van der Waals surface area contributed by atoms with Crippen molar-refractivity contribution in [1.29, 1.82) is 0 Å². The van der Waals surface area contributed by atoms with Gasteiger partial charge in [0.15, 0.2) is 0 Å². The summed E-state index contributed by atoms with van der Waals surface area (Å²) in [7, 11) is 0. The molecule has 9 heteroatoms. The summed E-state index contributed by atoms with van der Waals surface area (Å²) < 4.78 is 5.37. The molecule has 0 aromatic heterocycles. The van der Waals surface area contributed by atoms with Gasteiger partial charge < -0.3 is 25.4 Å². The summed E-state index contributed by atoms with van der Waals surface area (Å²) in [5, 5.41) is 30.7. The van der Waals surface area contributed by atoms with Crippen LogP contribution in [0.2, 0.25) is 0 Å². The Hall–Kier alpha value is -2.49. The third-order valence-corrected chi connectivity index (χ3v) is 4.19. The van der Waals surface area contributed by atoms with Gasteiger partial charge in [-0.1, -0.05) is 30.3 Å². The highest BCUT2D eigenvalue weighted by Gasteiger charge is 2.34. The minimum Gasteiger partial charge on any atom is -0.480 e. The van der Waals surface area contributed by atoms with E-state index in [1.165, 1.54) is 4.90 Å². The van der Waals surface area contributed by atoms with E-state index in [2.05, 4.69) is 5.32 Å². The monoisotopic (exact) mass is 424 g/mol. The maximum atomic E-state index is 12.7. The van der Waals surface area contributed by atoms with Crippen LogP contribution in [-0.4, -0.2) is 82.1 Å². The van der Waals surface area contributed by atoms with Crippen molar-refractivity contribution in [3.8, 4) is 0 Å². The van der Waals surface area contributed by atoms with Crippen LogP contribution >= 0.6 is 0 Å². The normalized spacial score (nSPS) is 13.5. The molecule has 1 amide bonds. The molecule has 0 aliphatic rings. The lowest BCUT2D eigenvalue weighted by Crippen LogP contribution is -2.52. The number of amides is 1. The van der Waals surface area contributed by atoms with Gasteiger partial charge in [0.25, 0.3) is 0 Å². The second kappa shape index (κ2) is 12.3. The first-order valence-corrected chi connectivity index (χ1v) is 9.82. The number of benzene rings is 1. The van der Waals surface area contributed by atoms with Crippen molar-refractivity contribution in [1.82, 2.24) is 10.2 Å². The lowest BCUT2D eigenvalue weighted by molar-refractivity contribution is -0.160. The molecule has 9 nitrogen and oxygen atoms in total. The van der Waals surface area contributed by atoms with Crippen molar-refractivity contribution < 1.29 is 34.4 Å². The number of aliphatic hydroxyl groups is 2. The summed E-state index contributed by atoms with van der Waals surface area (Å²) in [5.41, 5.74) is -0.0800. The number of esters is 1. The molecular weight excluding hydrogens is 392 g/mol. The van der Waals surface area contributed by atoms with Crippen molar-refractivity contribution in [2.75, 3.05) is 26.3 Å². The number of nitrogens with one attached hydrogen (secondary N) is 1. The maximum absolute atomic E-state index is 12.7. The Morgan fingerprint density at radius 1 is 1.07 bits per heavy atom. The quantitative estimate of drug-likeness (QED) is 0.349. The summed E-state index contributed by atoms with van der Waals surface area (Å²) in [6.45, 7) is 4.38. The Labute approximate surface area is 176 Å². The smallest absolute Gasteiger partial charge is 0.329 e. The minimum atomic E-state index is -1.23. The molecule has 0 bridgehead atoms. The number of carboxylic acid groups (broad SMARTS) is 1. The lowest BCUT2D eigenvalue weighted by Gasteiger charge is -2.31. The molecule has 0 aliphatic heterocycles. The van der Waals surface area contributed by atoms with Gasteiger partial charge in [0.05, 0.1) is 19.6 Å². The van der Waals surface area contributed by atoms with Crippen molar-refractivity contribution in [3.05, 3.63) is 35.9 Å². The molecule has 168 valence electrons. The van der Waals surface area contributed by atoms with Crippen LogP contribution < -0.4 is 5.32 Å². The van der Waals surface area contributed by atoms with Crippen LogP contribution in [0, 0.1) is 0 Å². The number of carbonyl (C=O) groups excluding carboxylic acids is 2. The molecule has 2 atom stereocenters. The van der Waals surface area contributed by atoms with Gasteiger partial charge in [-0.25, -0.2) is 4.79 Å². The second-order valence-corrected chi connectivity index (χ2v) is 7.89. The first-order valence-electron chi connectivity index (χ1n) is 9.82. The van der Waals surface area contributed by atoms with Gasteiger partial charge in [-0.2, -0.15) is 0 Å². The molecule has 1 rings (SSSR count). The number of carbonyl (C=O) groups is 3. The summed E-state index contributed by atoms with van der Waals surface area (Å²) in [6, 6.07) is 6.52. The van der Waals surface area contributed by atoms with E-state index in [9.17, 15) is 29.7 Å². The molecule has 0 saturated carbocycles. The summed E-state index contributed by atoms with van der Waals surface area (Å²) in [5.74, 6) is -2.43. The second-order valence-electron chi connectivity index (χ2n) is 7.89. The zero-order chi connectivity index (χ0) is 22.7. The van der Waals surface area contributed by atoms with Crippen LogP contribution in [-0.2, 0) is 25.5 Å². The van der Waals surface area contributed by atoms with Crippen LogP contribution in [0.1, 0.15) is 32.8 Å². The van der Waals surface area contributed by atoms with E-state index in [1.54, 1.807) is 45.0 Å². The summed E-state index contributed by atoms with van der Waals surface area (Å²) in [6.07, 6.45) is -0.250. The zero-order valence-electron chi connectivity index (χ0n) is 17.7. The van der Waals surface area contributed by atoms with E-state index in [1.807, 2.05) is 6.07 Å². The Morgan fingerprint density at radius 2 is 1.63 bits per heavy atom. The fourth-order valence-corrected chi connectivity index (χ4v) is 2.92. The number of ether oxygens (including phenoxy) is 1. The number of rotatable bonds is 12. The van der Waals surface area contributed by atoms with Gasteiger partial charge in [0.1, 0.15) is 17.7 Å². The first kappa shape index (κ1) is 25.5. The standard InChI is InChI=1S/C21H32N2O7/c1-21(2,3)30-20(29)16(22-18(26)13-15-7-5-4-6-8-15)14-17(19(27)28)23(9-11-24)10-12-25/h4-8,16-17,24-25H,9-14H2,1-3H3,(H,22,26)(H,27,28)/t16-,17?/m0/s1. The highest BCUT2D eigenvalue weighted by Crippen LogP contribution is 2.14. The van der Waals surface area contributed by atoms with E-state index in [4.69, 9.17) is 4.74 Å². The molecule has 0 fully saturated rings. The van der Waals surface area contributed by atoms with Crippen LogP contribution in [0.5, 0.6) is 0 Å². The molecular formula is C21H32N2O7. The molecule has 0 saturated heterocycles. The Balaban J connectivity index is 3.03. The highest BCUT2D eigenvalue weighted by atomic mass is 16.6. The fourth-order valence-electron chi connectivity index (χ4n) is 2.92. The average molecular weight is 424 g/mol. The van der Waals surface area contributed by atoms with Crippen molar-refractivity contribution >= 4 is 17.8 Å². The third kappa shape index (κ3) is 9.34. The van der Waals surface area contributed by atoms with Crippen LogP contribution in [0.25, 0.3) is 0 Å². The number of aliphatic hydroxyl groups excluding tert-OH is 2. The third-order valence-electron chi connectivity index (χ3n) is 4.19. The number of aliphatic carboxylic acids is 1. The maximum Gasteiger partial charge on any atom is 0.329 e. The van der Waals surface area contributed by atoms with Gasteiger partial charge in [0, 0.05) is 19.5 Å². The number of hydrogen-bond donors (Lipinski definition) is 4. The van der Waals surface area contributed by atoms with Crippen molar-refractivity contribution in [2.24, 2.45) is 0 Å². The first-order chi connectivity index (χ1) is 14.1. The SMILES string of the molecule is CC(C)(C)OC(=O)[C@H](CC(C(=O)O)N(CCO)CCO)NC(=O)Cc1ccccc1. The van der Waals surface area contributed by atoms with E-state index in [0.29, 0.717) is 0 Å². The van der Waals surface area contributed by atoms with Gasteiger partial charge in [0.2, 0.25) is 5.91 Å². The minimum absolute atomic E-state index is 0.00345. The molecule has 0 aliphatic carbocycles. The van der Waals surface area contributed by atoms with E-state index >= 15 is 0 Å². The van der Waals surface area contributed by atoms with E-state index in [0.717, 1.165) is 5.56 Å². The van der Waals surface area contributed by atoms with Gasteiger partial charge in [-0.15, -0.1) is 0 Å². The highest BCUT2D eigenvalue weighted by molar-refractivity contribution is 5.86. The van der Waals surface area contributed by atoms with Gasteiger partial charge in [-0.3, -0.25) is 14.5 Å². The van der Waals surface area contributed by atoms with E-state index < -0.39 is 35.5 Å². The molecule has 30 heavy (non-hydrogen) atoms. The van der Waals surface area contributed by atoms with Crippen LogP contribution in [0.15, 0.2) is 30.3 Å². The average Bonchev–Trinajstić information content (AvgIpc) is 2.64. The van der Waals surface area contributed by atoms with Crippen molar-refractivity contribution in [3.63, 3.8) is 0 Å². The van der Waals surface area contributed by atoms with Gasteiger partial charge >= 0.3 is 11.9 Å². The Bertz CT molecular complexity index is 682. The van der Waals surface area contributed by atoms with E-state index in [-0.39, 0.29) is 39.1 Å². The molecule has 1 aromatic carbocycles. The zero-order valence-corrected chi connectivity index (χ0v) is 17.7. The van der Waals surface area contributed by atoms with Crippen LogP contribution in [0.4, 0.5) is 0 Å². The fraction of sp³-hybridized carbons (Fsp3) is 0.571. The lowest BCUT2D eigenvalue weighted by atomic mass is 10.0. The largest absolute Gasteiger partial charge is 0.480 e. The molecule has 0 spiro atoms. The summed E-state index contributed by atoms with van der Waals surface area (Å²) >= 11 is 0. The van der Waals surface area contributed by atoms with Gasteiger partial charge in [-0.05, 0) is 26.3 Å². The molecule has 1 unspecified atom stereocenters.